The highest BCUT2D eigenvalue weighted by molar-refractivity contribution is 6.03. The Morgan fingerprint density at radius 1 is 1.03 bits per heavy atom. The lowest BCUT2D eigenvalue weighted by molar-refractivity contribution is -0.130. The fourth-order valence-corrected chi connectivity index (χ4v) is 3.55. The molecule has 1 aliphatic carbocycles. The van der Waals surface area contributed by atoms with E-state index in [1.54, 1.807) is 13.8 Å². The molecule has 0 saturated heterocycles. The zero-order valence-electron chi connectivity index (χ0n) is 16.5. The van der Waals surface area contributed by atoms with E-state index < -0.39 is 23.9 Å². The standard InChI is InChI=1S/C23H24N2O4/c1-4-20(26)24-22(27)21(14(2)3)25-23(28)29-13-19-17-11-7-5-9-15(17)16-10-6-8-12-18(16)19/h4-12,14,19,21H,1,13H2,2-3H3,(H,25,28)(H,24,26,27)/t21-/m0/s1. The Morgan fingerprint density at radius 2 is 1.59 bits per heavy atom. The molecule has 1 atom stereocenters. The summed E-state index contributed by atoms with van der Waals surface area (Å²) in [6.45, 7) is 7.00. The van der Waals surface area contributed by atoms with Gasteiger partial charge in [0, 0.05) is 5.92 Å². The van der Waals surface area contributed by atoms with Crippen LogP contribution in [0.4, 0.5) is 4.79 Å². The second kappa shape index (κ2) is 8.73. The van der Waals surface area contributed by atoms with Gasteiger partial charge in [-0.3, -0.25) is 14.9 Å². The van der Waals surface area contributed by atoms with Crippen molar-refractivity contribution in [1.29, 1.82) is 0 Å². The smallest absolute Gasteiger partial charge is 0.407 e. The van der Waals surface area contributed by atoms with Gasteiger partial charge in [0.25, 0.3) is 0 Å². The molecule has 1 aliphatic rings. The SMILES string of the molecule is C=CC(=O)NC(=O)[C@@H](NC(=O)OCC1c2ccccc2-c2ccccc21)C(C)C. The van der Waals surface area contributed by atoms with Gasteiger partial charge in [-0.05, 0) is 34.2 Å². The number of hydrogen-bond acceptors (Lipinski definition) is 4. The Morgan fingerprint density at radius 3 is 2.10 bits per heavy atom. The molecule has 0 bridgehead atoms. The Bertz CT molecular complexity index is 906. The summed E-state index contributed by atoms with van der Waals surface area (Å²) in [6.07, 6.45) is 0.301. The third-order valence-electron chi connectivity index (χ3n) is 5.00. The molecule has 2 N–H and O–H groups in total. The van der Waals surface area contributed by atoms with Crippen molar-refractivity contribution in [3.63, 3.8) is 0 Å². The Kier molecular flexibility index (Phi) is 6.12. The van der Waals surface area contributed by atoms with Gasteiger partial charge in [-0.2, -0.15) is 0 Å². The number of fused-ring (bicyclic) bond motifs is 3. The molecule has 6 heteroatoms. The van der Waals surface area contributed by atoms with Crippen molar-refractivity contribution >= 4 is 17.9 Å². The minimum atomic E-state index is -0.894. The number of amides is 3. The molecular formula is C23H24N2O4. The first-order valence-electron chi connectivity index (χ1n) is 9.51. The van der Waals surface area contributed by atoms with Gasteiger partial charge in [-0.25, -0.2) is 4.79 Å². The van der Waals surface area contributed by atoms with E-state index >= 15 is 0 Å². The summed E-state index contributed by atoms with van der Waals surface area (Å²) in [5, 5.41) is 4.73. The van der Waals surface area contributed by atoms with E-state index in [9.17, 15) is 14.4 Å². The van der Waals surface area contributed by atoms with Crippen molar-refractivity contribution < 1.29 is 19.1 Å². The molecule has 0 unspecified atom stereocenters. The highest BCUT2D eigenvalue weighted by Gasteiger charge is 2.30. The molecule has 29 heavy (non-hydrogen) atoms. The van der Waals surface area contributed by atoms with Crippen LogP contribution in [-0.2, 0) is 14.3 Å². The van der Waals surface area contributed by atoms with E-state index in [1.165, 1.54) is 0 Å². The maximum Gasteiger partial charge on any atom is 0.407 e. The van der Waals surface area contributed by atoms with Crippen LogP contribution in [-0.4, -0.2) is 30.6 Å². The van der Waals surface area contributed by atoms with Crippen molar-refractivity contribution in [1.82, 2.24) is 10.6 Å². The van der Waals surface area contributed by atoms with E-state index in [1.807, 2.05) is 36.4 Å². The van der Waals surface area contributed by atoms with Crippen LogP contribution in [0.5, 0.6) is 0 Å². The Balaban J connectivity index is 1.68. The van der Waals surface area contributed by atoms with E-state index in [4.69, 9.17) is 4.74 Å². The topological polar surface area (TPSA) is 84.5 Å². The minimum Gasteiger partial charge on any atom is -0.449 e. The van der Waals surface area contributed by atoms with E-state index in [2.05, 4.69) is 29.3 Å². The maximum atomic E-state index is 12.4. The molecule has 3 amide bonds. The second-order valence-corrected chi connectivity index (χ2v) is 7.25. The van der Waals surface area contributed by atoms with Crippen LogP contribution in [0.15, 0.2) is 61.2 Å². The molecule has 0 aliphatic heterocycles. The molecule has 2 aromatic rings. The van der Waals surface area contributed by atoms with Crippen LogP contribution in [0.1, 0.15) is 30.9 Å². The average molecular weight is 392 g/mol. The molecule has 3 rings (SSSR count). The summed E-state index contributed by atoms with van der Waals surface area (Å²) in [7, 11) is 0. The van der Waals surface area contributed by atoms with E-state index in [-0.39, 0.29) is 18.4 Å². The lowest BCUT2D eigenvalue weighted by atomic mass is 9.98. The van der Waals surface area contributed by atoms with Crippen LogP contribution >= 0.6 is 0 Å². The monoisotopic (exact) mass is 392 g/mol. The highest BCUT2D eigenvalue weighted by Crippen LogP contribution is 2.44. The first-order chi connectivity index (χ1) is 13.9. The number of nitrogens with one attached hydrogen (secondary N) is 2. The molecule has 6 nitrogen and oxygen atoms in total. The van der Waals surface area contributed by atoms with Gasteiger partial charge in [-0.1, -0.05) is 69.0 Å². The number of carbonyl (C=O) groups is 3. The van der Waals surface area contributed by atoms with Gasteiger partial charge < -0.3 is 10.1 Å². The molecule has 2 aromatic carbocycles. The first-order valence-corrected chi connectivity index (χ1v) is 9.51. The number of benzene rings is 2. The summed E-state index contributed by atoms with van der Waals surface area (Å²) in [6, 6.07) is 15.2. The van der Waals surface area contributed by atoms with E-state index in [0.717, 1.165) is 28.3 Å². The van der Waals surface area contributed by atoms with Gasteiger partial charge in [-0.15, -0.1) is 0 Å². The molecule has 0 aromatic heterocycles. The fourth-order valence-electron chi connectivity index (χ4n) is 3.55. The average Bonchev–Trinajstić information content (AvgIpc) is 3.04. The summed E-state index contributed by atoms with van der Waals surface area (Å²) in [4.78, 5) is 36.0. The van der Waals surface area contributed by atoms with Crippen molar-refractivity contribution in [2.45, 2.75) is 25.8 Å². The first kappa shape index (κ1) is 20.3. The molecule has 0 fully saturated rings. The van der Waals surface area contributed by atoms with Gasteiger partial charge in [0.1, 0.15) is 12.6 Å². The maximum absolute atomic E-state index is 12.4. The van der Waals surface area contributed by atoms with Crippen LogP contribution < -0.4 is 10.6 Å². The van der Waals surface area contributed by atoms with Gasteiger partial charge in [0.2, 0.25) is 11.8 Å². The molecule has 0 radical (unpaired) electrons. The van der Waals surface area contributed by atoms with Crippen LogP contribution in [0, 0.1) is 5.92 Å². The van der Waals surface area contributed by atoms with Crippen molar-refractivity contribution in [2.24, 2.45) is 5.92 Å². The number of alkyl carbamates (subject to hydrolysis) is 1. The highest BCUT2D eigenvalue weighted by atomic mass is 16.5. The van der Waals surface area contributed by atoms with Gasteiger partial charge >= 0.3 is 6.09 Å². The summed E-state index contributed by atoms with van der Waals surface area (Å²) in [5.41, 5.74) is 4.49. The molecule has 0 saturated carbocycles. The zero-order valence-corrected chi connectivity index (χ0v) is 16.5. The Labute approximate surface area is 170 Å². The number of rotatable bonds is 6. The fraction of sp³-hybridized carbons (Fsp3) is 0.261. The van der Waals surface area contributed by atoms with Crippen LogP contribution in [0.2, 0.25) is 0 Å². The largest absolute Gasteiger partial charge is 0.449 e. The van der Waals surface area contributed by atoms with E-state index in [0.29, 0.717) is 0 Å². The van der Waals surface area contributed by atoms with Crippen LogP contribution in [0.3, 0.4) is 0 Å². The zero-order chi connectivity index (χ0) is 21.0. The summed E-state index contributed by atoms with van der Waals surface area (Å²) < 4.78 is 5.47. The number of imide groups is 1. The Hall–Kier alpha value is -3.41. The van der Waals surface area contributed by atoms with Gasteiger partial charge in [0.15, 0.2) is 0 Å². The normalized spacial score (nSPS) is 13.2. The molecule has 0 heterocycles. The minimum absolute atomic E-state index is 0.0678. The number of hydrogen-bond donors (Lipinski definition) is 2. The molecular weight excluding hydrogens is 368 g/mol. The lowest BCUT2D eigenvalue weighted by Crippen LogP contribution is -2.51. The third-order valence-corrected chi connectivity index (χ3v) is 5.00. The lowest BCUT2D eigenvalue weighted by Gasteiger charge is -2.21. The predicted molar refractivity (Wildman–Crippen MR) is 110 cm³/mol. The predicted octanol–water partition coefficient (Wildman–Crippen LogP) is 3.38. The summed E-state index contributed by atoms with van der Waals surface area (Å²) >= 11 is 0. The number of ether oxygens (including phenoxy) is 1. The van der Waals surface area contributed by atoms with Crippen molar-refractivity contribution in [3.05, 3.63) is 72.3 Å². The number of carbonyl (C=O) groups excluding carboxylic acids is 3. The molecule has 150 valence electrons. The summed E-state index contributed by atoms with van der Waals surface area (Å²) in [5.74, 6) is -1.51. The van der Waals surface area contributed by atoms with Crippen molar-refractivity contribution in [2.75, 3.05) is 6.61 Å². The molecule has 0 spiro atoms. The van der Waals surface area contributed by atoms with Crippen molar-refractivity contribution in [3.8, 4) is 11.1 Å². The third kappa shape index (κ3) is 4.37. The second-order valence-electron chi connectivity index (χ2n) is 7.25. The van der Waals surface area contributed by atoms with Gasteiger partial charge in [0.05, 0.1) is 0 Å². The quantitative estimate of drug-likeness (QED) is 0.738. The van der Waals surface area contributed by atoms with Crippen LogP contribution in [0.25, 0.3) is 11.1 Å².